The number of hydrogen-bond acceptors (Lipinski definition) is 3. The van der Waals surface area contributed by atoms with Gasteiger partial charge in [0, 0.05) is 10.8 Å². The number of carbonyl (C=O) groups is 2. The quantitative estimate of drug-likeness (QED) is 0.474. The highest BCUT2D eigenvalue weighted by molar-refractivity contribution is 7.99. The van der Waals surface area contributed by atoms with Crippen molar-refractivity contribution in [2.24, 2.45) is 0 Å². The van der Waals surface area contributed by atoms with E-state index in [0.717, 1.165) is 11.1 Å². The highest BCUT2D eigenvalue weighted by atomic mass is 35.5. The van der Waals surface area contributed by atoms with Crippen LogP contribution >= 0.6 is 23.4 Å². The molecule has 3 aromatic carbocycles. The molecule has 30 heavy (non-hydrogen) atoms. The molecule has 0 fully saturated rings. The van der Waals surface area contributed by atoms with Gasteiger partial charge < -0.3 is 10.6 Å². The lowest BCUT2D eigenvalue weighted by atomic mass is 10.1. The molecular formula is C24H23ClN2O2S. The van der Waals surface area contributed by atoms with Crippen molar-refractivity contribution in [3.05, 3.63) is 101 Å². The van der Waals surface area contributed by atoms with Crippen molar-refractivity contribution < 1.29 is 9.59 Å². The van der Waals surface area contributed by atoms with E-state index in [-0.39, 0.29) is 23.6 Å². The van der Waals surface area contributed by atoms with Gasteiger partial charge in [-0.1, -0.05) is 66.2 Å². The summed E-state index contributed by atoms with van der Waals surface area (Å²) in [4.78, 5) is 25.2. The molecule has 0 aliphatic heterocycles. The Morgan fingerprint density at radius 1 is 0.967 bits per heavy atom. The third kappa shape index (κ3) is 6.37. The van der Waals surface area contributed by atoms with Gasteiger partial charge in [0.15, 0.2) is 0 Å². The Morgan fingerprint density at radius 3 is 2.47 bits per heavy atom. The highest BCUT2D eigenvalue weighted by Crippen LogP contribution is 2.20. The van der Waals surface area contributed by atoms with Crippen molar-refractivity contribution in [1.82, 2.24) is 5.32 Å². The summed E-state index contributed by atoms with van der Waals surface area (Å²) in [7, 11) is 0. The van der Waals surface area contributed by atoms with Crippen molar-refractivity contribution in [1.29, 1.82) is 0 Å². The van der Waals surface area contributed by atoms with Crippen LogP contribution in [0.5, 0.6) is 0 Å². The van der Waals surface area contributed by atoms with E-state index in [4.69, 9.17) is 11.6 Å². The first-order valence-electron chi connectivity index (χ1n) is 9.60. The molecule has 6 heteroatoms. The zero-order valence-corrected chi connectivity index (χ0v) is 18.2. The van der Waals surface area contributed by atoms with Crippen molar-refractivity contribution in [3.63, 3.8) is 0 Å². The van der Waals surface area contributed by atoms with E-state index in [0.29, 0.717) is 22.0 Å². The first-order valence-corrected chi connectivity index (χ1v) is 11.1. The van der Waals surface area contributed by atoms with Gasteiger partial charge in [-0.3, -0.25) is 9.59 Å². The van der Waals surface area contributed by atoms with Gasteiger partial charge in [-0.15, -0.1) is 11.8 Å². The number of carbonyl (C=O) groups excluding carboxylic acids is 2. The SMILES string of the molecule is C[C@@H](NC(=O)c1ccccc1NC(=O)CSCc1cccc(Cl)c1)c1ccccc1. The number of hydrogen-bond donors (Lipinski definition) is 2. The number of rotatable bonds is 8. The topological polar surface area (TPSA) is 58.2 Å². The minimum atomic E-state index is -0.228. The van der Waals surface area contributed by atoms with Crippen LogP contribution in [0.15, 0.2) is 78.9 Å². The van der Waals surface area contributed by atoms with Crippen molar-refractivity contribution >= 4 is 40.9 Å². The Hall–Kier alpha value is -2.76. The van der Waals surface area contributed by atoms with Crippen LogP contribution in [0.3, 0.4) is 0 Å². The van der Waals surface area contributed by atoms with E-state index in [1.165, 1.54) is 11.8 Å². The van der Waals surface area contributed by atoms with Crippen molar-refractivity contribution in [3.8, 4) is 0 Å². The van der Waals surface area contributed by atoms with Crippen molar-refractivity contribution in [2.75, 3.05) is 11.1 Å². The van der Waals surface area contributed by atoms with E-state index < -0.39 is 0 Å². The van der Waals surface area contributed by atoms with Crippen LogP contribution in [-0.4, -0.2) is 17.6 Å². The van der Waals surface area contributed by atoms with Crippen molar-refractivity contribution in [2.45, 2.75) is 18.7 Å². The van der Waals surface area contributed by atoms with E-state index in [1.807, 2.05) is 61.5 Å². The van der Waals surface area contributed by atoms with Gasteiger partial charge in [0.05, 0.1) is 23.0 Å². The summed E-state index contributed by atoms with van der Waals surface area (Å²) in [5, 5.41) is 6.53. The molecule has 2 amide bonds. The van der Waals surface area contributed by atoms with E-state index >= 15 is 0 Å². The van der Waals surface area contributed by atoms with Crippen LogP contribution in [0.4, 0.5) is 5.69 Å². The van der Waals surface area contributed by atoms with Gasteiger partial charge in [-0.2, -0.15) is 0 Å². The number of halogens is 1. The standard InChI is InChI=1S/C24H23ClN2O2S/c1-17(19-9-3-2-4-10-19)26-24(29)21-12-5-6-13-22(21)27-23(28)16-30-15-18-8-7-11-20(25)14-18/h2-14,17H,15-16H2,1H3,(H,26,29)(H,27,28)/t17-/m1/s1. The van der Waals surface area contributed by atoms with Crippen LogP contribution < -0.4 is 10.6 Å². The Labute approximate surface area is 186 Å². The average molecular weight is 439 g/mol. The fourth-order valence-corrected chi connectivity index (χ4v) is 3.95. The lowest BCUT2D eigenvalue weighted by molar-refractivity contribution is -0.113. The molecular weight excluding hydrogens is 416 g/mol. The monoisotopic (exact) mass is 438 g/mol. The Balaban J connectivity index is 1.57. The number of thioether (sulfide) groups is 1. The molecule has 1 atom stereocenters. The molecule has 0 radical (unpaired) electrons. The second kappa shape index (κ2) is 10.9. The molecule has 0 spiro atoms. The molecule has 4 nitrogen and oxygen atoms in total. The summed E-state index contributed by atoms with van der Waals surface area (Å²) in [6.45, 7) is 1.93. The summed E-state index contributed by atoms with van der Waals surface area (Å²) in [5.41, 5.74) is 3.02. The zero-order valence-electron chi connectivity index (χ0n) is 16.6. The number of anilines is 1. The lowest BCUT2D eigenvalue weighted by Crippen LogP contribution is -2.28. The van der Waals surface area contributed by atoms with Crippen LogP contribution in [0, 0.1) is 0 Å². The normalized spacial score (nSPS) is 11.5. The first-order chi connectivity index (χ1) is 14.5. The highest BCUT2D eigenvalue weighted by Gasteiger charge is 2.16. The second-order valence-electron chi connectivity index (χ2n) is 6.82. The summed E-state index contributed by atoms with van der Waals surface area (Å²) in [6.07, 6.45) is 0. The van der Waals surface area contributed by atoms with Crippen LogP contribution in [-0.2, 0) is 10.5 Å². The van der Waals surface area contributed by atoms with E-state index in [2.05, 4.69) is 10.6 Å². The molecule has 0 aliphatic rings. The number of nitrogens with one attached hydrogen (secondary N) is 2. The Kier molecular flexibility index (Phi) is 7.94. The van der Waals surface area contributed by atoms with E-state index in [9.17, 15) is 9.59 Å². The fourth-order valence-electron chi connectivity index (χ4n) is 2.96. The minimum absolute atomic E-state index is 0.143. The third-order valence-corrected chi connectivity index (χ3v) is 5.72. The molecule has 0 aromatic heterocycles. The molecule has 0 unspecified atom stereocenters. The molecule has 3 rings (SSSR count). The fraction of sp³-hybridized carbons (Fsp3) is 0.167. The smallest absolute Gasteiger partial charge is 0.253 e. The lowest BCUT2D eigenvalue weighted by Gasteiger charge is -2.16. The molecule has 2 N–H and O–H groups in total. The summed E-state index contributed by atoms with van der Waals surface area (Å²) in [5.74, 6) is 0.584. The summed E-state index contributed by atoms with van der Waals surface area (Å²) < 4.78 is 0. The number of benzene rings is 3. The Morgan fingerprint density at radius 2 is 1.70 bits per heavy atom. The first kappa shape index (κ1) is 21.9. The zero-order chi connectivity index (χ0) is 21.3. The summed E-state index contributed by atoms with van der Waals surface area (Å²) >= 11 is 7.48. The van der Waals surface area contributed by atoms with Gasteiger partial charge in [0.25, 0.3) is 5.91 Å². The molecule has 0 heterocycles. The predicted molar refractivity (Wildman–Crippen MR) is 125 cm³/mol. The average Bonchev–Trinajstić information content (AvgIpc) is 2.74. The molecule has 0 saturated heterocycles. The largest absolute Gasteiger partial charge is 0.345 e. The maximum absolute atomic E-state index is 12.8. The predicted octanol–water partition coefficient (Wildman–Crippen LogP) is 5.70. The molecule has 154 valence electrons. The van der Waals surface area contributed by atoms with Crippen LogP contribution in [0.2, 0.25) is 5.02 Å². The minimum Gasteiger partial charge on any atom is -0.345 e. The summed E-state index contributed by atoms with van der Waals surface area (Å²) in [6, 6.07) is 24.2. The van der Waals surface area contributed by atoms with Gasteiger partial charge in [0.1, 0.15) is 0 Å². The molecule has 0 aliphatic carbocycles. The van der Waals surface area contributed by atoms with Crippen LogP contribution in [0.25, 0.3) is 0 Å². The molecule has 0 saturated carbocycles. The maximum Gasteiger partial charge on any atom is 0.253 e. The Bertz CT molecular complexity index is 1010. The van der Waals surface area contributed by atoms with E-state index in [1.54, 1.807) is 24.3 Å². The molecule has 3 aromatic rings. The second-order valence-corrected chi connectivity index (χ2v) is 8.24. The maximum atomic E-state index is 12.8. The number of para-hydroxylation sites is 1. The van der Waals surface area contributed by atoms with Gasteiger partial charge >= 0.3 is 0 Å². The van der Waals surface area contributed by atoms with Gasteiger partial charge in [0.2, 0.25) is 5.91 Å². The van der Waals surface area contributed by atoms with Gasteiger partial charge in [-0.05, 0) is 42.3 Å². The number of amides is 2. The van der Waals surface area contributed by atoms with Gasteiger partial charge in [-0.25, -0.2) is 0 Å². The van der Waals surface area contributed by atoms with Crippen LogP contribution in [0.1, 0.15) is 34.5 Å². The molecule has 0 bridgehead atoms. The third-order valence-electron chi connectivity index (χ3n) is 4.48.